The van der Waals surface area contributed by atoms with Gasteiger partial charge in [0.1, 0.15) is 0 Å². The molecule has 0 atom stereocenters. The van der Waals surface area contributed by atoms with E-state index in [1.54, 1.807) is 37.3 Å². The summed E-state index contributed by atoms with van der Waals surface area (Å²) in [4.78, 5) is 23.6. The van der Waals surface area contributed by atoms with Crippen molar-refractivity contribution < 1.29 is 18.1 Å². The van der Waals surface area contributed by atoms with Gasteiger partial charge in [-0.05, 0) is 30.7 Å². The number of non-ortho nitro benzene ring substituents is 1. The molecule has 0 aromatic heterocycles. The molecule has 2 aromatic carbocycles. The molecule has 2 amide bonds. The lowest BCUT2D eigenvalue weighted by Crippen LogP contribution is -2.42. The SMILES string of the molecule is CCN(C(=O)NS(=O)(=O)/C=C/c1ccccc1)c1ccc([N+](=O)[O-])cc1. The van der Waals surface area contributed by atoms with Crippen LogP contribution in [0.2, 0.25) is 0 Å². The number of hydrogen-bond acceptors (Lipinski definition) is 5. The number of nitro benzene ring substituents is 1. The number of nitrogens with zero attached hydrogens (tertiary/aromatic N) is 2. The van der Waals surface area contributed by atoms with Crippen molar-refractivity contribution in [2.75, 3.05) is 11.4 Å². The molecule has 26 heavy (non-hydrogen) atoms. The van der Waals surface area contributed by atoms with Crippen LogP contribution in [0.5, 0.6) is 0 Å². The highest BCUT2D eigenvalue weighted by Crippen LogP contribution is 2.19. The molecule has 0 spiro atoms. The molecule has 2 aromatic rings. The number of benzene rings is 2. The normalized spacial score (nSPS) is 11.3. The molecule has 0 fully saturated rings. The Morgan fingerprint density at radius 1 is 1.15 bits per heavy atom. The lowest BCUT2D eigenvalue weighted by Gasteiger charge is -2.20. The molecule has 0 bridgehead atoms. The van der Waals surface area contributed by atoms with E-state index >= 15 is 0 Å². The fraction of sp³-hybridized carbons (Fsp3) is 0.118. The van der Waals surface area contributed by atoms with Crippen molar-refractivity contribution in [3.8, 4) is 0 Å². The summed E-state index contributed by atoms with van der Waals surface area (Å²) in [7, 11) is -3.99. The third-order valence-corrected chi connectivity index (χ3v) is 4.36. The van der Waals surface area contributed by atoms with Gasteiger partial charge in [0.05, 0.1) is 10.3 Å². The quantitative estimate of drug-likeness (QED) is 0.616. The van der Waals surface area contributed by atoms with Crippen LogP contribution in [-0.4, -0.2) is 25.9 Å². The summed E-state index contributed by atoms with van der Waals surface area (Å²) in [6.07, 6.45) is 1.37. The molecule has 0 aliphatic heterocycles. The Morgan fingerprint density at radius 3 is 2.31 bits per heavy atom. The average Bonchev–Trinajstić information content (AvgIpc) is 2.61. The molecule has 9 heteroatoms. The van der Waals surface area contributed by atoms with Gasteiger partial charge in [-0.15, -0.1) is 0 Å². The zero-order chi connectivity index (χ0) is 19.2. The predicted molar refractivity (Wildman–Crippen MR) is 99.0 cm³/mol. The number of hydrogen-bond donors (Lipinski definition) is 1. The minimum atomic E-state index is -3.99. The van der Waals surface area contributed by atoms with E-state index in [9.17, 15) is 23.3 Å². The Bertz CT molecular complexity index is 909. The van der Waals surface area contributed by atoms with E-state index in [0.717, 1.165) is 10.3 Å². The average molecular weight is 375 g/mol. The zero-order valence-electron chi connectivity index (χ0n) is 13.9. The van der Waals surface area contributed by atoms with Gasteiger partial charge in [-0.2, -0.15) is 0 Å². The van der Waals surface area contributed by atoms with E-state index in [1.807, 2.05) is 4.72 Å². The molecule has 136 valence electrons. The third-order valence-electron chi connectivity index (χ3n) is 3.40. The largest absolute Gasteiger partial charge is 0.335 e. The Morgan fingerprint density at radius 2 is 1.77 bits per heavy atom. The lowest BCUT2D eigenvalue weighted by molar-refractivity contribution is -0.384. The van der Waals surface area contributed by atoms with Crippen LogP contribution in [0.3, 0.4) is 0 Å². The first-order valence-corrected chi connectivity index (χ1v) is 9.19. The highest BCUT2D eigenvalue weighted by Gasteiger charge is 2.19. The summed E-state index contributed by atoms with van der Waals surface area (Å²) >= 11 is 0. The lowest BCUT2D eigenvalue weighted by atomic mass is 10.2. The number of nitrogens with one attached hydrogen (secondary N) is 1. The number of urea groups is 1. The third kappa shape index (κ3) is 5.15. The minimum absolute atomic E-state index is 0.122. The maximum Gasteiger partial charge on any atom is 0.335 e. The number of sulfonamides is 1. The van der Waals surface area contributed by atoms with E-state index in [1.165, 1.54) is 30.3 Å². The highest BCUT2D eigenvalue weighted by molar-refractivity contribution is 7.93. The van der Waals surface area contributed by atoms with E-state index in [0.29, 0.717) is 11.3 Å². The van der Waals surface area contributed by atoms with Crippen LogP contribution in [0, 0.1) is 10.1 Å². The molecule has 1 N–H and O–H groups in total. The molecular weight excluding hydrogens is 358 g/mol. The number of nitro groups is 1. The van der Waals surface area contributed by atoms with Crippen LogP contribution < -0.4 is 9.62 Å². The summed E-state index contributed by atoms with van der Waals surface area (Å²) < 4.78 is 26.1. The summed E-state index contributed by atoms with van der Waals surface area (Å²) in [6.45, 7) is 1.84. The second kappa shape index (κ2) is 8.26. The van der Waals surface area contributed by atoms with Crippen molar-refractivity contribution >= 4 is 33.5 Å². The molecule has 0 aliphatic carbocycles. The fourth-order valence-electron chi connectivity index (χ4n) is 2.14. The van der Waals surface area contributed by atoms with Crippen molar-refractivity contribution in [1.29, 1.82) is 0 Å². The van der Waals surface area contributed by atoms with Crippen LogP contribution in [0.25, 0.3) is 6.08 Å². The van der Waals surface area contributed by atoms with Crippen LogP contribution in [0.4, 0.5) is 16.2 Å². The van der Waals surface area contributed by atoms with Crippen molar-refractivity contribution in [3.63, 3.8) is 0 Å². The monoisotopic (exact) mass is 375 g/mol. The van der Waals surface area contributed by atoms with E-state index in [-0.39, 0.29) is 12.2 Å². The standard InChI is InChI=1S/C17H17N3O5S/c1-2-19(15-8-10-16(11-9-15)20(22)23)17(21)18-26(24,25)13-12-14-6-4-3-5-7-14/h3-13H,2H2,1H3,(H,18,21)/b13-12+. The first-order valence-electron chi connectivity index (χ1n) is 7.64. The topological polar surface area (TPSA) is 110 Å². The smallest absolute Gasteiger partial charge is 0.294 e. The number of anilines is 1. The highest BCUT2D eigenvalue weighted by atomic mass is 32.2. The van der Waals surface area contributed by atoms with Gasteiger partial charge in [-0.1, -0.05) is 30.3 Å². The van der Waals surface area contributed by atoms with Gasteiger partial charge in [0.2, 0.25) is 0 Å². The molecular formula is C17H17N3O5S. The van der Waals surface area contributed by atoms with Crippen molar-refractivity contribution in [3.05, 3.63) is 75.7 Å². The number of amides is 2. The summed E-state index contributed by atoms with van der Waals surface area (Å²) in [6, 6.07) is 13.2. The summed E-state index contributed by atoms with van der Waals surface area (Å²) in [5, 5.41) is 11.6. The zero-order valence-corrected chi connectivity index (χ0v) is 14.7. The molecule has 0 heterocycles. The van der Waals surface area contributed by atoms with E-state index in [4.69, 9.17) is 0 Å². The van der Waals surface area contributed by atoms with Crippen LogP contribution in [0.15, 0.2) is 60.0 Å². The maximum absolute atomic E-state index is 12.3. The first kappa shape index (κ1) is 19.1. The maximum atomic E-state index is 12.3. The fourth-order valence-corrected chi connectivity index (χ4v) is 2.90. The minimum Gasteiger partial charge on any atom is -0.294 e. The molecule has 2 rings (SSSR count). The number of rotatable bonds is 6. The summed E-state index contributed by atoms with van der Waals surface area (Å²) in [5.74, 6) is 0. The Balaban J connectivity index is 2.12. The predicted octanol–water partition coefficient (Wildman–Crippen LogP) is 3.13. The molecule has 0 radical (unpaired) electrons. The van der Waals surface area contributed by atoms with Crippen molar-refractivity contribution in [2.24, 2.45) is 0 Å². The second-order valence-corrected chi connectivity index (χ2v) is 6.75. The van der Waals surface area contributed by atoms with Crippen molar-refractivity contribution in [1.82, 2.24) is 4.72 Å². The van der Waals surface area contributed by atoms with Crippen LogP contribution in [-0.2, 0) is 10.0 Å². The number of carbonyl (C=O) groups is 1. The molecule has 0 saturated heterocycles. The molecule has 0 saturated carbocycles. The van der Waals surface area contributed by atoms with Crippen LogP contribution >= 0.6 is 0 Å². The van der Waals surface area contributed by atoms with E-state index in [2.05, 4.69) is 0 Å². The Hall–Kier alpha value is -3.20. The van der Waals surface area contributed by atoms with Gasteiger partial charge >= 0.3 is 6.03 Å². The van der Waals surface area contributed by atoms with Gasteiger partial charge in [-0.3, -0.25) is 15.0 Å². The van der Waals surface area contributed by atoms with Crippen LogP contribution in [0.1, 0.15) is 12.5 Å². The van der Waals surface area contributed by atoms with Gasteiger partial charge < -0.3 is 0 Å². The summed E-state index contributed by atoms with van der Waals surface area (Å²) in [5.41, 5.74) is 0.898. The van der Waals surface area contributed by atoms with Gasteiger partial charge in [-0.25, -0.2) is 17.9 Å². The van der Waals surface area contributed by atoms with Crippen molar-refractivity contribution in [2.45, 2.75) is 6.92 Å². The van der Waals surface area contributed by atoms with Gasteiger partial charge in [0.15, 0.2) is 0 Å². The Labute approximate surface area is 151 Å². The first-order chi connectivity index (χ1) is 12.3. The molecule has 8 nitrogen and oxygen atoms in total. The van der Waals surface area contributed by atoms with Gasteiger partial charge in [0.25, 0.3) is 15.7 Å². The number of carbonyl (C=O) groups excluding carboxylic acids is 1. The Kier molecular flexibility index (Phi) is 6.07. The molecule has 0 unspecified atom stereocenters. The van der Waals surface area contributed by atoms with E-state index < -0.39 is 21.0 Å². The molecule has 0 aliphatic rings. The van der Waals surface area contributed by atoms with Gasteiger partial charge in [0, 0.05) is 24.4 Å². The second-order valence-electron chi connectivity index (χ2n) is 5.18.